The standard InChI is InChI=1S/C30H48O3.C29H46O3/c1-20(2)12-9-13-21(3)14-10-15-22(4)16-11-17-23(5)18-19-27(31)28-26(8)29(32)24(6)25(7)30(28)33;1-19(2)12-9-13-20(3)14-10-15-21(4)16-11-17-22(5)18-26(30)27-25(8)28(31)23(6)24(7)29(27)32/h18,20-22H,9-17,19H2,1-8H3;18-21H,9-17H2,1-8H3/b23-18+;22-18+. The summed E-state index contributed by atoms with van der Waals surface area (Å²) in [6.45, 7) is 32.4. The Bertz CT molecular complexity index is 1830. The minimum Gasteiger partial charge on any atom is -0.294 e. The molecule has 0 aliphatic heterocycles. The second kappa shape index (κ2) is 30.7. The molecule has 0 bridgehead atoms. The van der Waals surface area contributed by atoms with Crippen molar-refractivity contribution in [3.8, 4) is 0 Å². The molecule has 2 aliphatic rings. The van der Waals surface area contributed by atoms with Crippen LogP contribution in [0.25, 0.3) is 0 Å². The first-order valence-electron chi connectivity index (χ1n) is 25.8. The van der Waals surface area contributed by atoms with Gasteiger partial charge in [-0.2, -0.15) is 0 Å². The fourth-order valence-electron chi connectivity index (χ4n) is 9.07. The van der Waals surface area contributed by atoms with Crippen LogP contribution >= 0.6 is 0 Å². The summed E-state index contributed by atoms with van der Waals surface area (Å²) in [6, 6.07) is 0. The first kappa shape index (κ1) is 59.5. The Morgan fingerprint density at radius 1 is 0.400 bits per heavy atom. The molecular weight excluding hydrogens is 805 g/mol. The number of allylic oxidation sites excluding steroid dienone is 12. The highest BCUT2D eigenvalue weighted by Crippen LogP contribution is 2.29. The van der Waals surface area contributed by atoms with Gasteiger partial charge in [0.05, 0.1) is 11.1 Å². The van der Waals surface area contributed by atoms with Gasteiger partial charge >= 0.3 is 0 Å². The monoisotopic (exact) mass is 899 g/mol. The lowest BCUT2D eigenvalue weighted by Crippen LogP contribution is -2.25. The lowest BCUT2D eigenvalue weighted by Gasteiger charge is -2.17. The summed E-state index contributed by atoms with van der Waals surface area (Å²) in [4.78, 5) is 75.0. The second-order valence-corrected chi connectivity index (χ2v) is 21.6. The Labute approximate surface area is 398 Å². The van der Waals surface area contributed by atoms with Gasteiger partial charge in [0.25, 0.3) is 0 Å². The van der Waals surface area contributed by atoms with Crippen molar-refractivity contribution in [1.82, 2.24) is 0 Å². The van der Waals surface area contributed by atoms with Crippen molar-refractivity contribution in [2.75, 3.05) is 0 Å². The number of Topliss-reactive ketones (excluding diaryl/α,β-unsaturated/α-hetero) is 5. The van der Waals surface area contributed by atoms with E-state index in [2.05, 4.69) is 62.3 Å². The van der Waals surface area contributed by atoms with Crippen LogP contribution < -0.4 is 0 Å². The van der Waals surface area contributed by atoms with Gasteiger partial charge in [-0.15, -0.1) is 0 Å². The Morgan fingerprint density at radius 3 is 1.09 bits per heavy atom. The zero-order chi connectivity index (χ0) is 49.6. The minimum absolute atomic E-state index is 0.0494. The van der Waals surface area contributed by atoms with Gasteiger partial charge in [-0.3, -0.25) is 28.8 Å². The molecule has 0 radical (unpaired) electrons. The van der Waals surface area contributed by atoms with Gasteiger partial charge in [-0.1, -0.05) is 163 Å². The second-order valence-electron chi connectivity index (χ2n) is 21.6. The molecule has 366 valence electrons. The fraction of sp³-hybridized carbons (Fsp3) is 0.695. The zero-order valence-electron chi connectivity index (χ0n) is 44.5. The molecule has 65 heavy (non-hydrogen) atoms. The van der Waals surface area contributed by atoms with E-state index in [-0.39, 0.29) is 57.8 Å². The quantitative estimate of drug-likeness (QED) is 0.0321. The smallest absolute Gasteiger partial charge is 0.193 e. The van der Waals surface area contributed by atoms with Gasteiger partial charge in [0.2, 0.25) is 0 Å². The van der Waals surface area contributed by atoms with Crippen molar-refractivity contribution in [1.29, 1.82) is 0 Å². The van der Waals surface area contributed by atoms with Crippen LogP contribution in [0, 0.1) is 35.5 Å². The van der Waals surface area contributed by atoms with Crippen LogP contribution in [0.2, 0.25) is 0 Å². The van der Waals surface area contributed by atoms with Gasteiger partial charge in [-0.25, -0.2) is 0 Å². The SMILES string of the molecule is CC1=C(C)C(=O)C(C(=O)/C=C(\C)CCCC(C)CCCC(C)CCCC(C)C)=C(C)C1=O.CC1=C(C)C(=O)C(C(=O)C/C=C(\C)CCCC(C)CCCC(C)CCCC(C)C)=C(C)C1=O. The Hall–Kier alpha value is -3.54. The minimum atomic E-state index is -0.329. The van der Waals surface area contributed by atoms with E-state index in [1.807, 2.05) is 13.0 Å². The molecule has 0 aromatic rings. The Morgan fingerprint density at radius 2 is 0.708 bits per heavy atom. The van der Waals surface area contributed by atoms with Gasteiger partial charge in [0.1, 0.15) is 0 Å². The third kappa shape index (κ3) is 21.8. The van der Waals surface area contributed by atoms with Crippen LogP contribution in [0.3, 0.4) is 0 Å². The van der Waals surface area contributed by atoms with Crippen LogP contribution in [0.5, 0.6) is 0 Å². The summed E-state index contributed by atoms with van der Waals surface area (Å²) in [5, 5.41) is 0. The van der Waals surface area contributed by atoms with E-state index < -0.39 is 0 Å². The van der Waals surface area contributed by atoms with Crippen LogP contribution in [0.4, 0.5) is 0 Å². The molecule has 0 fully saturated rings. The average Bonchev–Trinajstić information content (AvgIpc) is 3.22. The van der Waals surface area contributed by atoms with Crippen molar-refractivity contribution in [3.05, 3.63) is 67.9 Å². The Balaban J connectivity index is 0.000000650. The van der Waals surface area contributed by atoms with Crippen LogP contribution in [-0.2, 0) is 28.8 Å². The molecule has 0 spiro atoms. The van der Waals surface area contributed by atoms with Crippen molar-refractivity contribution in [2.45, 2.75) is 233 Å². The fourth-order valence-corrected chi connectivity index (χ4v) is 9.07. The number of hydrogen-bond donors (Lipinski definition) is 0. The van der Waals surface area contributed by atoms with E-state index in [0.717, 1.165) is 67.3 Å². The molecule has 6 nitrogen and oxygen atoms in total. The van der Waals surface area contributed by atoms with E-state index in [1.54, 1.807) is 47.6 Å². The van der Waals surface area contributed by atoms with Gasteiger partial charge in [0, 0.05) is 39.9 Å². The largest absolute Gasteiger partial charge is 0.294 e. The van der Waals surface area contributed by atoms with Crippen LogP contribution in [-0.4, -0.2) is 34.7 Å². The number of ketones is 6. The molecule has 0 saturated heterocycles. The number of hydrogen-bond acceptors (Lipinski definition) is 6. The molecule has 0 amide bonds. The summed E-state index contributed by atoms with van der Waals surface area (Å²) in [7, 11) is 0. The van der Waals surface area contributed by atoms with Crippen molar-refractivity contribution < 1.29 is 28.8 Å². The van der Waals surface area contributed by atoms with Gasteiger partial charge in [0.15, 0.2) is 34.7 Å². The molecule has 0 heterocycles. The maximum Gasteiger partial charge on any atom is 0.193 e. The highest BCUT2D eigenvalue weighted by atomic mass is 16.2. The van der Waals surface area contributed by atoms with E-state index >= 15 is 0 Å². The first-order valence-corrected chi connectivity index (χ1v) is 25.8. The van der Waals surface area contributed by atoms with Crippen molar-refractivity contribution in [3.63, 3.8) is 0 Å². The van der Waals surface area contributed by atoms with Gasteiger partial charge in [-0.05, 0) is 123 Å². The van der Waals surface area contributed by atoms with Crippen molar-refractivity contribution in [2.24, 2.45) is 35.5 Å². The maximum absolute atomic E-state index is 12.7. The summed E-state index contributed by atoms with van der Waals surface area (Å²) in [5.74, 6) is 3.18. The molecule has 2 rings (SSSR count). The molecular formula is C59H94O6. The Kier molecular flexibility index (Phi) is 28.1. The summed E-state index contributed by atoms with van der Waals surface area (Å²) >= 11 is 0. The highest BCUT2D eigenvalue weighted by Gasteiger charge is 2.32. The van der Waals surface area contributed by atoms with Gasteiger partial charge < -0.3 is 0 Å². The summed E-state index contributed by atoms with van der Waals surface area (Å²) in [5.41, 5.74) is 4.55. The molecule has 4 atom stereocenters. The highest BCUT2D eigenvalue weighted by molar-refractivity contribution is 6.37. The maximum atomic E-state index is 12.7. The van der Waals surface area contributed by atoms with E-state index in [4.69, 9.17) is 0 Å². The van der Waals surface area contributed by atoms with E-state index in [9.17, 15) is 28.8 Å². The van der Waals surface area contributed by atoms with Crippen molar-refractivity contribution >= 4 is 34.7 Å². The average molecular weight is 899 g/mol. The third-order valence-corrected chi connectivity index (χ3v) is 14.2. The topological polar surface area (TPSA) is 102 Å². The van der Waals surface area contributed by atoms with Crippen LogP contribution in [0.15, 0.2) is 67.9 Å². The molecule has 0 N–H and O–H groups in total. The predicted molar refractivity (Wildman–Crippen MR) is 274 cm³/mol. The lowest BCUT2D eigenvalue weighted by atomic mass is 9.83. The molecule has 0 saturated carbocycles. The molecule has 2 aliphatic carbocycles. The molecule has 0 aromatic carbocycles. The first-order chi connectivity index (χ1) is 30.4. The summed E-state index contributed by atoms with van der Waals surface area (Å²) < 4.78 is 0. The predicted octanol–water partition coefficient (Wildman–Crippen LogP) is 15.9. The zero-order valence-corrected chi connectivity index (χ0v) is 44.5. The van der Waals surface area contributed by atoms with E-state index in [1.165, 1.54) is 89.0 Å². The van der Waals surface area contributed by atoms with Crippen LogP contribution in [0.1, 0.15) is 233 Å². The number of carbonyl (C=O) groups is 6. The van der Waals surface area contributed by atoms with E-state index in [0.29, 0.717) is 33.8 Å². The number of rotatable bonds is 29. The molecule has 0 aromatic heterocycles. The third-order valence-electron chi connectivity index (χ3n) is 14.2. The lowest BCUT2D eigenvalue weighted by molar-refractivity contribution is -0.121. The summed E-state index contributed by atoms with van der Waals surface area (Å²) in [6.07, 6.45) is 26.0. The molecule has 6 heteroatoms. The molecule has 4 unspecified atom stereocenters. The normalized spacial score (nSPS) is 17.4. The number of carbonyl (C=O) groups excluding carboxylic acids is 6.